The lowest BCUT2D eigenvalue weighted by Gasteiger charge is -2.33. The highest BCUT2D eigenvalue weighted by molar-refractivity contribution is 9.10. The first-order valence-electron chi connectivity index (χ1n) is 6.67. The van der Waals surface area contributed by atoms with Gasteiger partial charge in [-0.1, -0.05) is 19.3 Å². The van der Waals surface area contributed by atoms with Crippen molar-refractivity contribution in [3.8, 4) is 0 Å². The van der Waals surface area contributed by atoms with Gasteiger partial charge in [0.15, 0.2) is 0 Å². The van der Waals surface area contributed by atoms with E-state index in [9.17, 15) is 17.2 Å². The molecule has 0 aromatic heterocycles. The summed E-state index contributed by atoms with van der Waals surface area (Å²) in [7, 11) is -4.09. The van der Waals surface area contributed by atoms with Crippen molar-refractivity contribution in [1.29, 1.82) is 0 Å². The summed E-state index contributed by atoms with van der Waals surface area (Å²) in [6.07, 6.45) is 4.44. The molecule has 4 nitrogen and oxygen atoms in total. The van der Waals surface area contributed by atoms with Gasteiger partial charge in [0, 0.05) is 22.6 Å². The van der Waals surface area contributed by atoms with Gasteiger partial charge in [-0.3, -0.25) is 0 Å². The molecule has 2 rings (SSSR count). The van der Waals surface area contributed by atoms with E-state index in [1.54, 1.807) is 0 Å². The Labute approximate surface area is 131 Å². The normalized spacial score (nSPS) is 18.7. The van der Waals surface area contributed by atoms with Gasteiger partial charge >= 0.3 is 0 Å². The van der Waals surface area contributed by atoms with Crippen LogP contribution in [0.1, 0.15) is 32.1 Å². The van der Waals surface area contributed by atoms with Gasteiger partial charge < -0.3 is 5.73 Å². The molecule has 1 aliphatic carbocycles. The highest BCUT2D eigenvalue weighted by atomic mass is 79.9. The fourth-order valence-corrected chi connectivity index (χ4v) is 4.83. The second kappa shape index (κ2) is 6.28. The zero-order valence-corrected chi connectivity index (χ0v) is 13.7. The molecule has 0 saturated heterocycles. The second-order valence-electron chi connectivity index (χ2n) is 5.45. The van der Waals surface area contributed by atoms with Crippen LogP contribution in [0.25, 0.3) is 0 Å². The Balaban J connectivity index is 2.19. The summed E-state index contributed by atoms with van der Waals surface area (Å²) in [6.45, 7) is 0.0403. The van der Waals surface area contributed by atoms with Gasteiger partial charge in [0.05, 0.1) is 0 Å². The Morgan fingerprint density at radius 1 is 1.24 bits per heavy atom. The Morgan fingerprint density at radius 2 is 1.86 bits per heavy atom. The van der Waals surface area contributed by atoms with Crippen LogP contribution in [0.4, 0.5) is 8.78 Å². The van der Waals surface area contributed by atoms with Crippen molar-refractivity contribution < 1.29 is 17.2 Å². The van der Waals surface area contributed by atoms with Crippen LogP contribution in [0.3, 0.4) is 0 Å². The van der Waals surface area contributed by atoms with Gasteiger partial charge in [0.25, 0.3) is 0 Å². The number of sulfonamides is 1. The van der Waals surface area contributed by atoms with Crippen LogP contribution in [-0.4, -0.2) is 20.5 Å². The maximum absolute atomic E-state index is 13.7. The molecule has 0 heterocycles. The summed E-state index contributed by atoms with van der Waals surface area (Å²) in [5.74, 6) is -1.98. The zero-order chi connectivity index (χ0) is 15.7. The van der Waals surface area contributed by atoms with Gasteiger partial charge in [0.2, 0.25) is 10.0 Å². The molecular weight excluding hydrogens is 366 g/mol. The summed E-state index contributed by atoms with van der Waals surface area (Å²) in [6, 6.07) is 1.45. The molecule has 1 aromatic carbocycles. The molecule has 8 heteroatoms. The summed E-state index contributed by atoms with van der Waals surface area (Å²) >= 11 is 2.88. The number of hydrogen-bond donors (Lipinski definition) is 2. The van der Waals surface area contributed by atoms with Gasteiger partial charge in [-0.15, -0.1) is 0 Å². The topological polar surface area (TPSA) is 72.2 Å². The number of nitrogens with two attached hydrogens (primary N) is 1. The molecule has 3 N–H and O–H groups in total. The van der Waals surface area contributed by atoms with E-state index in [1.807, 2.05) is 0 Å². The SMILES string of the molecule is NC1(CNS(=O)(=O)c2c(F)cc(F)cc2Br)CCCCC1. The highest BCUT2D eigenvalue weighted by Gasteiger charge is 2.31. The van der Waals surface area contributed by atoms with E-state index in [4.69, 9.17) is 5.73 Å². The maximum atomic E-state index is 13.7. The van der Waals surface area contributed by atoms with Crippen molar-refractivity contribution in [1.82, 2.24) is 4.72 Å². The van der Waals surface area contributed by atoms with E-state index >= 15 is 0 Å². The third-order valence-corrected chi connectivity index (χ3v) is 6.06. The molecule has 0 spiro atoms. The number of rotatable bonds is 4. The molecule has 1 aliphatic rings. The van der Waals surface area contributed by atoms with Crippen molar-refractivity contribution in [3.63, 3.8) is 0 Å². The summed E-state index contributed by atoms with van der Waals surface area (Å²) in [5, 5.41) is 0. The first-order valence-corrected chi connectivity index (χ1v) is 8.94. The number of nitrogens with one attached hydrogen (secondary N) is 1. The molecule has 0 bridgehead atoms. The Kier molecular flexibility index (Phi) is 5.02. The molecule has 1 aromatic rings. The molecule has 1 fully saturated rings. The molecule has 118 valence electrons. The molecule has 0 radical (unpaired) electrons. The van der Waals surface area contributed by atoms with E-state index in [1.165, 1.54) is 0 Å². The maximum Gasteiger partial charge on any atom is 0.244 e. The van der Waals surface area contributed by atoms with Crippen LogP contribution < -0.4 is 10.5 Å². The van der Waals surface area contributed by atoms with E-state index in [2.05, 4.69) is 20.7 Å². The molecular formula is C13H17BrF2N2O2S. The molecule has 0 amide bonds. The van der Waals surface area contributed by atoms with Crippen molar-refractivity contribution in [3.05, 3.63) is 28.2 Å². The predicted molar refractivity (Wildman–Crippen MR) is 79.2 cm³/mol. The molecule has 21 heavy (non-hydrogen) atoms. The minimum Gasteiger partial charge on any atom is -0.324 e. The summed E-state index contributed by atoms with van der Waals surface area (Å²) in [4.78, 5) is -0.594. The monoisotopic (exact) mass is 382 g/mol. The van der Waals surface area contributed by atoms with Crippen LogP contribution in [-0.2, 0) is 10.0 Å². The predicted octanol–water partition coefficient (Wildman–Crippen LogP) is 2.67. The standard InChI is InChI=1S/C13H17BrF2N2O2S/c14-10-6-9(15)7-11(16)12(10)21(19,20)18-8-13(17)4-2-1-3-5-13/h6-7,18H,1-5,8,17H2. The largest absolute Gasteiger partial charge is 0.324 e. The zero-order valence-electron chi connectivity index (χ0n) is 11.3. The first kappa shape index (κ1) is 16.8. The third kappa shape index (κ3) is 4.00. The van der Waals surface area contributed by atoms with E-state index in [0.717, 1.165) is 38.2 Å². The lowest BCUT2D eigenvalue weighted by atomic mass is 9.83. The lowest BCUT2D eigenvalue weighted by Crippen LogP contribution is -2.51. The van der Waals surface area contributed by atoms with Crippen molar-refractivity contribution in [2.24, 2.45) is 5.73 Å². The Hall–Kier alpha value is -0.570. The number of halogens is 3. The highest BCUT2D eigenvalue weighted by Crippen LogP contribution is 2.28. The minimum absolute atomic E-state index is 0.0403. The van der Waals surface area contributed by atoms with Crippen LogP contribution >= 0.6 is 15.9 Å². The fourth-order valence-electron chi connectivity index (χ4n) is 2.53. The average molecular weight is 383 g/mol. The molecule has 0 atom stereocenters. The van der Waals surface area contributed by atoms with E-state index in [-0.39, 0.29) is 11.0 Å². The summed E-state index contributed by atoms with van der Waals surface area (Å²) < 4.78 is 53.4. The first-order chi connectivity index (χ1) is 9.73. The van der Waals surface area contributed by atoms with Crippen molar-refractivity contribution >= 4 is 26.0 Å². The lowest BCUT2D eigenvalue weighted by molar-refractivity contribution is 0.296. The fraction of sp³-hybridized carbons (Fsp3) is 0.538. The van der Waals surface area contributed by atoms with Crippen LogP contribution in [0.5, 0.6) is 0 Å². The van der Waals surface area contributed by atoms with Gasteiger partial charge in [0.1, 0.15) is 16.5 Å². The van der Waals surface area contributed by atoms with Crippen molar-refractivity contribution in [2.75, 3.05) is 6.54 Å². The van der Waals surface area contributed by atoms with Gasteiger partial charge in [-0.2, -0.15) is 0 Å². The van der Waals surface area contributed by atoms with Gasteiger partial charge in [-0.25, -0.2) is 21.9 Å². The third-order valence-electron chi connectivity index (χ3n) is 3.70. The molecule has 0 aliphatic heterocycles. The number of hydrogen-bond acceptors (Lipinski definition) is 3. The van der Waals surface area contributed by atoms with E-state index < -0.39 is 32.1 Å². The summed E-state index contributed by atoms with van der Waals surface area (Å²) in [5.41, 5.74) is 5.55. The second-order valence-corrected chi connectivity index (χ2v) is 8.00. The quantitative estimate of drug-likeness (QED) is 0.840. The van der Waals surface area contributed by atoms with Crippen molar-refractivity contribution in [2.45, 2.75) is 42.5 Å². The molecule has 0 unspecified atom stereocenters. The van der Waals surface area contributed by atoms with Crippen LogP contribution in [0.15, 0.2) is 21.5 Å². The Bertz CT molecular complexity index is 608. The molecule has 1 saturated carbocycles. The number of benzene rings is 1. The smallest absolute Gasteiger partial charge is 0.244 e. The minimum atomic E-state index is -4.09. The van der Waals surface area contributed by atoms with E-state index in [0.29, 0.717) is 6.07 Å². The Morgan fingerprint density at radius 3 is 2.43 bits per heavy atom. The average Bonchev–Trinajstić information content (AvgIpc) is 2.36. The van der Waals surface area contributed by atoms with Crippen LogP contribution in [0.2, 0.25) is 0 Å². The van der Waals surface area contributed by atoms with Gasteiger partial charge in [-0.05, 0) is 34.8 Å². The van der Waals surface area contributed by atoms with Crippen LogP contribution in [0, 0.1) is 11.6 Å².